The van der Waals surface area contributed by atoms with Crippen molar-refractivity contribution in [3.63, 3.8) is 0 Å². The van der Waals surface area contributed by atoms with Crippen molar-refractivity contribution in [3.05, 3.63) is 69.7 Å². The third-order valence-corrected chi connectivity index (χ3v) is 8.54. The maximum Gasteiger partial charge on any atom is 0.286 e. The fourth-order valence-electron chi connectivity index (χ4n) is 3.69. The van der Waals surface area contributed by atoms with E-state index in [4.69, 9.17) is 0 Å². The summed E-state index contributed by atoms with van der Waals surface area (Å²) in [6.45, 7) is 4.09. The number of nitrogens with one attached hydrogen (secondary N) is 1. The number of benzene rings is 2. The number of Topliss-reactive ketones (excluding diaryl/α,β-unsaturated/α-hetero) is 1. The Hall–Kier alpha value is -2.95. The van der Waals surface area contributed by atoms with E-state index in [1.807, 2.05) is 31.2 Å². The highest BCUT2D eigenvalue weighted by Gasteiger charge is 2.33. The van der Waals surface area contributed by atoms with Crippen LogP contribution in [-0.2, 0) is 10.0 Å². The van der Waals surface area contributed by atoms with Crippen LogP contribution >= 0.6 is 11.3 Å². The highest BCUT2D eigenvalue weighted by Crippen LogP contribution is 2.32. The van der Waals surface area contributed by atoms with Gasteiger partial charge in [-0.3, -0.25) is 9.59 Å². The third-order valence-electron chi connectivity index (χ3n) is 5.58. The number of amides is 1. The Morgan fingerprint density at radius 2 is 1.76 bits per heavy atom. The first kappa shape index (κ1) is 23.2. The lowest BCUT2D eigenvalue weighted by Crippen LogP contribution is -2.39. The van der Waals surface area contributed by atoms with Gasteiger partial charge in [-0.1, -0.05) is 41.2 Å². The molecular weight excluding hydrogens is 460 g/mol. The van der Waals surface area contributed by atoms with Crippen LogP contribution in [0.15, 0.2) is 53.4 Å². The topological polar surface area (TPSA) is 109 Å². The van der Waals surface area contributed by atoms with Crippen molar-refractivity contribution in [1.29, 1.82) is 0 Å². The molecule has 0 spiro atoms. The molecule has 0 bridgehead atoms. The van der Waals surface area contributed by atoms with Gasteiger partial charge in [0.25, 0.3) is 5.91 Å². The summed E-state index contributed by atoms with van der Waals surface area (Å²) < 4.78 is 27.7. The lowest BCUT2D eigenvalue weighted by molar-refractivity contribution is 0.101. The first-order valence-corrected chi connectivity index (χ1v) is 12.8. The van der Waals surface area contributed by atoms with Crippen LogP contribution < -0.4 is 5.32 Å². The second-order valence-electron chi connectivity index (χ2n) is 8.05. The van der Waals surface area contributed by atoms with Crippen molar-refractivity contribution >= 4 is 38.7 Å². The first-order chi connectivity index (χ1) is 15.7. The molecule has 2 aromatic carbocycles. The maximum absolute atomic E-state index is 13.1. The largest absolute Gasteiger partial charge is 0.320 e. The van der Waals surface area contributed by atoms with Crippen LogP contribution in [0.5, 0.6) is 0 Å². The summed E-state index contributed by atoms with van der Waals surface area (Å²) in [7, 11) is -3.70. The smallest absolute Gasteiger partial charge is 0.286 e. The summed E-state index contributed by atoms with van der Waals surface area (Å²) >= 11 is 1.19. The Labute approximate surface area is 196 Å². The molecular formula is C23H24N4O4S2. The fourth-order valence-corrected chi connectivity index (χ4v) is 6.07. The minimum atomic E-state index is -3.70. The van der Waals surface area contributed by atoms with Gasteiger partial charge in [0.2, 0.25) is 15.0 Å². The number of piperidine rings is 1. The van der Waals surface area contributed by atoms with Crippen LogP contribution in [0.25, 0.3) is 0 Å². The molecule has 1 aromatic heterocycles. The van der Waals surface area contributed by atoms with Gasteiger partial charge in [0.15, 0.2) is 5.78 Å². The van der Waals surface area contributed by atoms with Gasteiger partial charge < -0.3 is 5.32 Å². The van der Waals surface area contributed by atoms with E-state index < -0.39 is 10.0 Å². The van der Waals surface area contributed by atoms with Crippen molar-refractivity contribution < 1.29 is 18.0 Å². The van der Waals surface area contributed by atoms with E-state index in [0.29, 0.717) is 29.2 Å². The van der Waals surface area contributed by atoms with Gasteiger partial charge in [-0.2, -0.15) is 4.31 Å². The SMILES string of the molecule is CC(=O)c1ccc(S(=O)(=O)N2CCC[C@H](c3nnc(C(=O)Nc4ccc(C)cc4)s3)C2)cc1. The maximum atomic E-state index is 13.1. The Bertz CT molecular complexity index is 1270. The van der Waals surface area contributed by atoms with Gasteiger partial charge in [0.05, 0.1) is 4.90 Å². The Kier molecular flexibility index (Phi) is 6.68. The molecule has 172 valence electrons. The van der Waals surface area contributed by atoms with Crippen LogP contribution in [0.2, 0.25) is 0 Å². The molecule has 8 nitrogen and oxygen atoms in total. The molecule has 1 amide bonds. The number of aromatic nitrogens is 2. The molecule has 1 fully saturated rings. The average Bonchev–Trinajstić information content (AvgIpc) is 3.31. The van der Waals surface area contributed by atoms with Crippen molar-refractivity contribution in [2.24, 2.45) is 0 Å². The zero-order chi connectivity index (χ0) is 23.6. The average molecular weight is 485 g/mol. The number of carbonyl (C=O) groups is 2. The van der Waals surface area contributed by atoms with Gasteiger partial charge in [-0.25, -0.2) is 8.42 Å². The number of ketones is 1. The lowest BCUT2D eigenvalue weighted by Gasteiger charge is -2.30. The quantitative estimate of drug-likeness (QED) is 0.532. The van der Waals surface area contributed by atoms with Crippen molar-refractivity contribution in [1.82, 2.24) is 14.5 Å². The number of sulfonamides is 1. The monoisotopic (exact) mass is 484 g/mol. The normalized spacial score (nSPS) is 17.0. The van der Waals surface area contributed by atoms with E-state index in [1.54, 1.807) is 0 Å². The summed E-state index contributed by atoms with van der Waals surface area (Å²) in [5, 5.41) is 11.9. The van der Waals surface area contributed by atoms with Crippen molar-refractivity contribution in [3.8, 4) is 0 Å². The molecule has 33 heavy (non-hydrogen) atoms. The molecule has 3 aromatic rings. The van der Waals surface area contributed by atoms with Crippen LogP contribution in [0.1, 0.15) is 56.4 Å². The second kappa shape index (κ2) is 9.50. The van der Waals surface area contributed by atoms with E-state index in [9.17, 15) is 18.0 Å². The zero-order valence-corrected chi connectivity index (χ0v) is 19.9. The fraction of sp³-hybridized carbons (Fsp3) is 0.304. The first-order valence-electron chi connectivity index (χ1n) is 10.6. The highest BCUT2D eigenvalue weighted by molar-refractivity contribution is 7.89. The van der Waals surface area contributed by atoms with Gasteiger partial charge >= 0.3 is 0 Å². The van der Waals surface area contributed by atoms with Gasteiger partial charge in [-0.15, -0.1) is 10.2 Å². The third kappa shape index (κ3) is 5.18. The summed E-state index contributed by atoms with van der Waals surface area (Å²) in [5.74, 6) is -0.590. The molecule has 4 rings (SSSR count). The summed E-state index contributed by atoms with van der Waals surface area (Å²) in [6, 6.07) is 13.4. The van der Waals surface area contributed by atoms with E-state index in [-0.39, 0.29) is 34.1 Å². The number of carbonyl (C=O) groups excluding carboxylic acids is 2. The Morgan fingerprint density at radius 1 is 1.06 bits per heavy atom. The second-order valence-corrected chi connectivity index (χ2v) is 11.0. The van der Waals surface area contributed by atoms with E-state index in [2.05, 4.69) is 15.5 Å². The number of hydrogen-bond donors (Lipinski definition) is 1. The van der Waals surface area contributed by atoms with Crippen LogP contribution in [0.3, 0.4) is 0 Å². The van der Waals surface area contributed by atoms with Crippen molar-refractivity contribution in [2.75, 3.05) is 18.4 Å². The molecule has 1 atom stereocenters. The molecule has 1 N–H and O–H groups in total. The number of rotatable bonds is 6. The minimum Gasteiger partial charge on any atom is -0.320 e. The lowest BCUT2D eigenvalue weighted by atomic mass is 10.0. The highest BCUT2D eigenvalue weighted by atomic mass is 32.2. The minimum absolute atomic E-state index is 0.115. The number of hydrogen-bond acceptors (Lipinski definition) is 7. The number of nitrogens with zero attached hydrogens (tertiary/aromatic N) is 3. The number of aryl methyl sites for hydroxylation is 1. The zero-order valence-electron chi connectivity index (χ0n) is 18.3. The molecule has 1 saturated heterocycles. The van der Waals surface area contributed by atoms with Crippen LogP contribution in [-0.4, -0.2) is 47.7 Å². The molecule has 10 heteroatoms. The standard InChI is InChI=1S/C23H24N4O4S2/c1-15-5-9-19(10-6-15)24-21(29)23-26-25-22(32-23)18-4-3-13-27(14-18)33(30,31)20-11-7-17(8-12-20)16(2)28/h5-12,18H,3-4,13-14H2,1-2H3,(H,24,29)/t18-/m0/s1. The predicted molar refractivity (Wildman–Crippen MR) is 126 cm³/mol. The van der Waals surface area contributed by atoms with Crippen LogP contribution in [0, 0.1) is 6.92 Å². The van der Waals surface area contributed by atoms with Crippen LogP contribution in [0.4, 0.5) is 5.69 Å². The number of anilines is 1. The van der Waals surface area contributed by atoms with E-state index >= 15 is 0 Å². The molecule has 0 aliphatic carbocycles. The van der Waals surface area contributed by atoms with E-state index in [0.717, 1.165) is 12.0 Å². The molecule has 2 heterocycles. The van der Waals surface area contributed by atoms with Gasteiger partial charge in [-0.05, 0) is 51.0 Å². The Morgan fingerprint density at radius 3 is 2.42 bits per heavy atom. The molecule has 1 aliphatic rings. The van der Waals surface area contributed by atoms with Crippen molar-refractivity contribution in [2.45, 2.75) is 37.5 Å². The molecule has 0 saturated carbocycles. The van der Waals surface area contributed by atoms with Gasteiger partial charge in [0, 0.05) is 30.3 Å². The summed E-state index contributed by atoms with van der Waals surface area (Å²) in [5.41, 5.74) is 2.24. The Balaban J connectivity index is 1.46. The molecule has 1 aliphatic heterocycles. The molecule has 0 unspecified atom stereocenters. The summed E-state index contributed by atoms with van der Waals surface area (Å²) in [4.78, 5) is 24.2. The van der Waals surface area contributed by atoms with Gasteiger partial charge in [0.1, 0.15) is 5.01 Å². The van der Waals surface area contributed by atoms with E-state index in [1.165, 1.54) is 46.8 Å². The molecule has 0 radical (unpaired) electrons. The summed E-state index contributed by atoms with van der Waals surface area (Å²) in [6.07, 6.45) is 1.45. The predicted octanol–water partition coefficient (Wildman–Crippen LogP) is 3.87.